The van der Waals surface area contributed by atoms with Gasteiger partial charge in [0.1, 0.15) is 4.90 Å². The third-order valence-corrected chi connectivity index (χ3v) is 9.17. The van der Waals surface area contributed by atoms with E-state index in [4.69, 9.17) is 0 Å². The third-order valence-electron chi connectivity index (χ3n) is 8.29. The average molecular weight is 571 g/mol. The molecule has 0 saturated carbocycles. The van der Waals surface area contributed by atoms with E-state index in [1.54, 1.807) is 6.07 Å². The highest BCUT2D eigenvalue weighted by molar-refractivity contribution is 7.86. The van der Waals surface area contributed by atoms with Crippen LogP contribution in [0.25, 0.3) is 0 Å². The number of nitrogens with zero attached hydrogens (tertiary/aromatic N) is 1. The summed E-state index contributed by atoms with van der Waals surface area (Å²) in [6, 6.07) is 15.2. The van der Waals surface area contributed by atoms with Gasteiger partial charge in [0.05, 0.1) is 17.5 Å². The van der Waals surface area contributed by atoms with Gasteiger partial charge in [-0.2, -0.15) is 8.42 Å². The van der Waals surface area contributed by atoms with Gasteiger partial charge >= 0.3 is 0 Å². The highest BCUT2D eigenvalue weighted by Gasteiger charge is 2.33. The molecule has 2 N–H and O–H groups in total. The monoisotopic (exact) mass is 570 g/mol. The van der Waals surface area contributed by atoms with Gasteiger partial charge < -0.3 is 10.2 Å². The van der Waals surface area contributed by atoms with E-state index in [-0.39, 0.29) is 11.1 Å². The molecule has 0 aromatic heterocycles. The number of nitrogens with one attached hydrogen (secondary N) is 1. The van der Waals surface area contributed by atoms with E-state index in [1.165, 1.54) is 115 Å². The van der Waals surface area contributed by atoms with Gasteiger partial charge in [-0.3, -0.25) is 4.55 Å². The largest absolute Gasteiger partial charge is 0.363 e. The van der Waals surface area contributed by atoms with Gasteiger partial charge in [-0.05, 0) is 30.5 Å². The van der Waals surface area contributed by atoms with Crippen molar-refractivity contribution >= 4 is 21.5 Å². The number of fused-ring (bicyclic) bond motifs is 1. The van der Waals surface area contributed by atoms with E-state index in [0.717, 1.165) is 24.1 Å². The van der Waals surface area contributed by atoms with E-state index in [2.05, 4.69) is 29.3 Å². The van der Waals surface area contributed by atoms with Crippen LogP contribution in [0.15, 0.2) is 53.4 Å². The van der Waals surface area contributed by atoms with Crippen LogP contribution in [-0.2, 0) is 16.7 Å². The molecule has 3 rings (SSSR count). The van der Waals surface area contributed by atoms with Crippen molar-refractivity contribution in [2.45, 2.75) is 147 Å². The lowest BCUT2D eigenvalue weighted by molar-refractivity contribution is 0.482. The SMILES string of the molecule is CCCCCCCCCCCCCCCCCCCCC1Nc2cccc(S(=O)(=O)O)c2N1Cc1ccccc1. The minimum Gasteiger partial charge on any atom is -0.363 e. The van der Waals surface area contributed by atoms with Gasteiger partial charge in [0.15, 0.2) is 0 Å². The molecule has 0 fully saturated rings. The summed E-state index contributed by atoms with van der Waals surface area (Å²) >= 11 is 0. The summed E-state index contributed by atoms with van der Waals surface area (Å²) in [6.45, 7) is 2.88. The Morgan fingerprint density at radius 3 is 1.68 bits per heavy atom. The van der Waals surface area contributed by atoms with Crippen molar-refractivity contribution in [3.63, 3.8) is 0 Å². The van der Waals surface area contributed by atoms with Gasteiger partial charge in [0.25, 0.3) is 10.1 Å². The molecule has 5 nitrogen and oxygen atoms in total. The molecule has 224 valence electrons. The maximum atomic E-state index is 12.1. The minimum absolute atomic E-state index is 0.0131. The maximum Gasteiger partial charge on any atom is 0.296 e. The van der Waals surface area contributed by atoms with Gasteiger partial charge in [-0.1, -0.05) is 152 Å². The van der Waals surface area contributed by atoms with Crippen LogP contribution in [0.4, 0.5) is 11.4 Å². The molecule has 40 heavy (non-hydrogen) atoms. The van der Waals surface area contributed by atoms with Crippen LogP contribution in [0.2, 0.25) is 0 Å². The molecule has 1 aliphatic heterocycles. The maximum absolute atomic E-state index is 12.1. The second-order valence-electron chi connectivity index (χ2n) is 11.7. The quantitative estimate of drug-likeness (QED) is 0.109. The number of benzene rings is 2. The third kappa shape index (κ3) is 11.4. The van der Waals surface area contributed by atoms with Crippen LogP contribution >= 0.6 is 0 Å². The smallest absolute Gasteiger partial charge is 0.296 e. The van der Waals surface area contributed by atoms with Gasteiger partial charge in [-0.25, -0.2) is 0 Å². The van der Waals surface area contributed by atoms with Gasteiger partial charge in [-0.15, -0.1) is 0 Å². The Balaban J connectivity index is 1.28. The highest BCUT2D eigenvalue weighted by atomic mass is 32.2. The molecular formula is C34H54N2O3S. The first-order valence-corrected chi connectivity index (χ1v) is 17.6. The first-order chi connectivity index (χ1) is 19.5. The molecule has 0 spiro atoms. The van der Waals surface area contributed by atoms with E-state index in [9.17, 15) is 13.0 Å². The predicted octanol–water partition coefficient (Wildman–Crippen LogP) is 10.1. The standard InChI is InChI=1S/C34H54N2O3S/c1-2-3-4-5-6-7-8-9-10-11-12-13-14-15-16-17-18-22-28-33-35-31-26-23-27-32(40(37,38)39)34(31)36(33)29-30-24-20-19-21-25-30/h19-21,23-27,33,35H,2-18,22,28-29H2,1H3,(H,37,38,39). The molecule has 0 radical (unpaired) electrons. The zero-order valence-corrected chi connectivity index (χ0v) is 25.8. The zero-order chi connectivity index (χ0) is 28.5. The molecule has 1 heterocycles. The molecule has 2 aromatic carbocycles. The first-order valence-electron chi connectivity index (χ1n) is 16.2. The minimum atomic E-state index is -4.31. The highest BCUT2D eigenvalue weighted by Crippen LogP contribution is 2.42. The lowest BCUT2D eigenvalue weighted by Crippen LogP contribution is -2.35. The number of hydrogen-bond acceptors (Lipinski definition) is 4. The van der Waals surface area contributed by atoms with Gasteiger partial charge in [0.2, 0.25) is 0 Å². The number of para-hydroxylation sites is 1. The van der Waals surface area contributed by atoms with Crippen molar-refractivity contribution in [3.8, 4) is 0 Å². The van der Waals surface area contributed by atoms with Crippen LogP contribution in [0.3, 0.4) is 0 Å². The molecular weight excluding hydrogens is 516 g/mol. The number of anilines is 2. The Kier molecular flexibility index (Phi) is 14.9. The molecule has 0 saturated heterocycles. The van der Waals surface area contributed by atoms with Crippen molar-refractivity contribution in [1.29, 1.82) is 0 Å². The topological polar surface area (TPSA) is 69.6 Å². The summed E-state index contributed by atoms with van der Waals surface area (Å²) in [7, 11) is -4.31. The summed E-state index contributed by atoms with van der Waals surface area (Å²) in [5.74, 6) is 0. The summed E-state index contributed by atoms with van der Waals surface area (Å²) in [5.41, 5.74) is 2.48. The van der Waals surface area contributed by atoms with Crippen LogP contribution in [0.1, 0.15) is 134 Å². The molecule has 1 unspecified atom stereocenters. The fraction of sp³-hybridized carbons (Fsp3) is 0.647. The van der Waals surface area contributed by atoms with Crippen molar-refractivity contribution in [2.24, 2.45) is 0 Å². The molecule has 0 bridgehead atoms. The Morgan fingerprint density at radius 1 is 0.675 bits per heavy atom. The lowest BCUT2D eigenvalue weighted by Gasteiger charge is -2.28. The fourth-order valence-electron chi connectivity index (χ4n) is 5.99. The molecule has 0 aliphatic carbocycles. The Bertz CT molecular complexity index is 1060. The van der Waals surface area contributed by atoms with E-state index < -0.39 is 10.1 Å². The number of rotatable bonds is 22. The zero-order valence-electron chi connectivity index (χ0n) is 25.0. The first kappa shape index (κ1) is 32.5. The van der Waals surface area contributed by atoms with Crippen molar-refractivity contribution < 1.29 is 13.0 Å². The lowest BCUT2D eigenvalue weighted by atomic mass is 10.0. The van der Waals surface area contributed by atoms with Crippen LogP contribution in [0.5, 0.6) is 0 Å². The average Bonchev–Trinajstić information content (AvgIpc) is 3.29. The normalized spacial score (nSPS) is 14.8. The van der Waals surface area contributed by atoms with Crippen molar-refractivity contribution in [3.05, 3.63) is 54.1 Å². The summed E-state index contributed by atoms with van der Waals surface area (Å²) < 4.78 is 34.1. The van der Waals surface area contributed by atoms with Crippen molar-refractivity contribution in [2.75, 3.05) is 10.2 Å². The van der Waals surface area contributed by atoms with Crippen LogP contribution < -0.4 is 10.2 Å². The van der Waals surface area contributed by atoms with E-state index in [0.29, 0.717) is 12.2 Å². The summed E-state index contributed by atoms with van der Waals surface area (Å²) in [4.78, 5) is 2.09. The second-order valence-corrected chi connectivity index (χ2v) is 13.1. The van der Waals surface area contributed by atoms with Crippen molar-refractivity contribution in [1.82, 2.24) is 0 Å². The summed E-state index contributed by atoms with van der Waals surface area (Å²) in [6.07, 6.45) is 25.4. The van der Waals surface area contributed by atoms with Crippen LogP contribution in [0, 0.1) is 0 Å². The molecule has 2 aromatic rings. The molecule has 0 amide bonds. The molecule has 1 aliphatic rings. The summed E-state index contributed by atoms with van der Waals surface area (Å²) in [5, 5.41) is 3.52. The van der Waals surface area contributed by atoms with Crippen LogP contribution in [-0.4, -0.2) is 19.1 Å². The number of unbranched alkanes of at least 4 members (excludes halogenated alkanes) is 17. The number of hydrogen-bond donors (Lipinski definition) is 2. The van der Waals surface area contributed by atoms with E-state index in [1.807, 2.05) is 24.3 Å². The molecule has 6 heteroatoms. The van der Waals surface area contributed by atoms with E-state index >= 15 is 0 Å². The fourth-order valence-corrected chi connectivity index (χ4v) is 6.72. The second kappa shape index (κ2) is 18.4. The molecule has 1 atom stereocenters. The Labute approximate surface area is 244 Å². The Morgan fingerprint density at radius 2 is 1.18 bits per heavy atom. The predicted molar refractivity (Wildman–Crippen MR) is 170 cm³/mol. The van der Waals surface area contributed by atoms with Gasteiger partial charge in [0, 0.05) is 6.54 Å². The Hall–Kier alpha value is -2.05.